The molecule has 140 valence electrons. The Labute approximate surface area is 158 Å². The van der Waals surface area contributed by atoms with Crippen LogP contribution in [-0.4, -0.2) is 41.9 Å². The average molecular weight is 365 g/mol. The molecule has 0 bridgehead atoms. The number of amides is 2. The van der Waals surface area contributed by atoms with Gasteiger partial charge >= 0.3 is 0 Å². The van der Waals surface area contributed by atoms with Gasteiger partial charge in [0.2, 0.25) is 11.8 Å². The molecule has 1 saturated heterocycles. The monoisotopic (exact) mass is 365 g/mol. The number of methoxy groups -OCH3 is 1. The summed E-state index contributed by atoms with van der Waals surface area (Å²) in [5.74, 6) is 1.47. The van der Waals surface area contributed by atoms with Crippen molar-refractivity contribution in [2.45, 2.75) is 19.3 Å². The molecule has 6 nitrogen and oxygen atoms in total. The van der Waals surface area contributed by atoms with E-state index in [-0.39, 0.29) is 17.7 Å². The lowest BCUT2D eigenvalue weighted by molar-refractivity contribution is -0.125. The van der Waals surface area contributed by atoms with Crippen molar-refractivity contribution in [2.75, 3.05) is 25.5 Å². The summed E-state index contributed by atoms with van der Waals surface area (Å²) in [7, 11) is 1.67. The van der Waals surface area contributed by atoms with Gasteiger partial charge in [0.15, 0.2) is 0 Å². The topological polar surface area (TPSA) is 71.5 Å². The highest BCUT2D eigenvalue weighted by Gasteiger charge is 2.27. The van der Waals surface area contributed by atoms with Gasteiger partial charge in [-0.1, -0.05) is 18.2 Å². The molecule has 0 aliphatic carbocycles. The van der Waals surface area contributed by atoms with Crippen LogP contribution in [0.4, 0.5) is 5.82 Å². The summed E-state index contributed by atoms with van der Waals surface area (Å²) >= 11 is 0. The molecule has 0 saturated carbocycles. The first-order valence-corrected chi connectivity index (χ1v) is 8.90. The van der Waals surface area contributed by atoms with E-state index in [0.717, 1.165) is 29.8 Å². The number of nitrogens with zero attached hydrogens (tertiary/aromatic N) is 2. The van der Waals surface area contributed by atoms with Gasteiger partial charge in [0.1, 0.15) is 11.6 Å². The zero-order valence-electron chi connectivity index (χ0n) is 15.5. The lowest BCUT2D eigenvalue weighted by Crippen LogP contribution is -2.26. The fourth-order valence-electron chi connectivity index (χ4n) is 3.25. The Morgan fingerprint density at radius 2 is 2.07 bits per heavy atom. The molecule has 1 N–H and O–H groups in total. The Balaban J connectivity index is 1.60. The Bertz CT molecular complexity index is 846. The number of benzene rings is 1. The van der Waals surface area contributed by atoms with E-state index in [4.69, 9.17) is 4.74 Å². The lowest BCUT2D eigenvalue weighted by atomic mass is 9.97. The predicted molar refractivity (Wildman–Crippen MR) is 105 cm³/mol. The number of rotatable bonds is 5. The summed E-state index contributed by atoms with van der Waals surface area (Å²) in [6, 6.07) is 11.5. The van der Waals surface area contributed by atoms with E-state index in [2.05, 4.69) is 16.4 Å². The summed E-state index contributed by atoms with van der Waals surface area (Å²) < 4.78 is 5.44. The Hall–Kier alpha value is -3.15. The van der Waals surface area contributed by atoms with Crippen LogP contribution in [0.1, 0.15) is 30.4 Å². The van der Waals surface area contributed by atoms with E-state index in [1.807, 2.05) is 29.2 Å². The van der Waals surface area contributed by atoms with E-state index in [1.54, 1.807) is 31.5 Å². The summed E-state index contributed by atoms with van der Waals surface area (Å²) in [6.07, 6.45) is 5.85. The van der Waals surface area contributed by atoms with Crippen molar-refractivity contribution in [3.63, 3.8) is 0 Å². The smallest absolute Gasteiger partial charge is 0.246 e. The van der Waals surface area contributed by atoms with Crippen LogP contribution >= 0.6 is 0 Å². The van der Waals surface area contributed by atoms with Gasteiger partial charge in [0, 0.05) is 38.2 Å². The summed E-state index contributed by atoms with van der Waals surface area (Å²) in [5, 5.41) is 2.61. The zero-order valence-corrected chi connectivity index (χ0v) is 15.5. The first-order chi connectivity index (χ1) is 13.1. The number of aromatic nitrogens is 1. The van der Waals surface area contributed by atoms with Gasteiger partial charge in [0.25, 0.3) is 0 Å². The van der Waals surface area contributed by atoms with Gasteiger partial charge in [-0.05, 0) is 41.8 Å². The predicted octanol–water partition coefficient (Wildman–Crippen LogP) is 3.08. The highest BCUT2D eigenvalue weighted by molar-refractivity contribution is 5.92. The molecular weight excluding hydrogens is 342 g/mol. The van der Waals surface area contributed by atoms with Crippen LogP contribution in [-0.2, 0) is 9.59 Å². The normalized spacial score (nSPS) is 16.5. The summed E-state index contributed by atoms with van der Waals surface area (Å²) in [5.41, 5.74) is 1.95. The minimum Gasteiger partial charge on any atom is -0.496 e. The first-order valence-electron chi connectivity index (χ1n) is 8.90. The number of carbonyl (C=O) groups excluding carboxylic acids is 2. The van der Waals surface area contributed by atoms with Crippen LogP contribution in [0.2, 0.25) is 0 Å². The van der Waals surface area contributed by atoms with Crippen molar-refractivity contribution in [3.8, 4) is 5.75 Å². The molecule has 0 unspecified atom stereocenters. The second-order valence-electron chi connectivity index (χ2n) is 6.50. The maximum absolute atomic E-state index is 12.5. The van der Waals surface area contributed by atoms with Crippen LogP contribution in [0.3, 0.4) is 0 Å². The van der Waals surface area contributed by atoms with Crippen LogP contribution in [0, 0.1) is 0 Å². The van der Waals surface area contributed by atoms with Crippen LogP contribution in [0.25, 0.3) is 6.08 Å². The molecule has 6 heteroatoms. The third-order valence-electron chi connectivity index (χ3n) is 4.59. The molecule has 2 amide bonds. The van der Waals surface area contributed by atoms with Crippen molar-refractivity contribution in [1.29, 1.82) is 0 Å². The van der Waals surface area contributed by atoms with E-state index in [0.29, 0.717) is 12.4 Å². The number of likely N-dealkylation sites (tertiary alicyclic amines) is 1. The van der Waals surface area contributed by atoms with Crippen molar-refractivity contribution in [2.24, 2.45) is 0 Å². The molecule has 1 aliphatic rings. The molecule has 1 aromatic carbocycles. The molecule has 1 fully saturated rings. The van der Waals surface area contributed by atoms with E-state index < -0.39 is 0 Å². The van der Waals surface area contributed by atoms with E-state index >= 15 is 0 Å². The fourth-order valence-corrected chi connectivity index (χ4v) is 3.25. The van der Waals surface area contributed by atoms with Crippen molar-refractivity contribution < 1.29 is 14.3 Å². The lowest BCUT2D eigenvalue weighted by Gasteiger charge is -2.16. The minimum absolute atomic E-state index is 0.0154. The Morgan fingerprint density at radius 1 is 1.26 bits per heavy atom. The Kier molecular flexibility index (Phi) is 5.86. The average Bonchev–Trinajstić information content (AvgIpc) is 3.17. The molecule has 2 aromatic rings. The Morgan fingerprint density at radius 3 is 2.78 bits per heavy atom. The van der Waals surface area contributed by atoms with Gasteiger partial charge in [-0.25, -0.2) is 4.98 Å². The number of ether oxygens (including phenoxy) is 1. The zero-order chi connectivity index (χ0) is 19.2. The van der Waals surface area contributed by atoms with Gasteiger partial charge in [-0.2, -0.15) is 0 Å². The summed E-state index contributed by atoms with van der Waals surface area (Å²) in [6.45, 7) is 2.84. The molecular formula is C21H23N3O3. The van der Waals surface area contributed by atoms with E-state index in [1.165, 1.54) is 6.92 Å². The number of carbonyl (C=O) groups is 2. The number of nitrogens with one attached hydrogen (secondary N) is 1. The molecule has 3 rings (SSSR count). The molecule has 1 atom stereocenters. The van der Waals surface area contributed by atoms with E-state index in [9.17, 15) is 9.59 Å². The third-order valence-corrected chi connectivity index (χ3v) is 4.59. The molecule has 27 heavy (non-hydrogen) atoms. The summed E-state index contributed by atoms with van der Waals surface area (Å²) in [4.78, 5) is 29.5. The number of pyridine rings is 1. The van der Waals surface area contributed by atoms with Crippen LogP contribution < -0.4 is 10.1 Å². The first kappa shape index (κ1) is 18.6. The quantitative estimate of drug-likeness (QED) is 0.827. The van der Waals surface area contributed by atoms with Gasteiger partial charge in [0.05, 0.1) is 7.11 Å². The van der Waals surface area contributed by atoms with Crippen molar-refractivity contribution in [1.82, 2.24) is 9.88 Å². The number of hydrogen-bond acceptors (Lipinski definition) is 4. The fraction of sp³-hybridized carbons (Fsp3) is 0.286. The standard InChI is InChI=1S/C21H23N3O3/c1-15(25)23-20-9-7-16(13-22-20)8-10-21(26)24-12-11-17(14-24)18-5-3-4-6-19(18)27-2/h3-10,13,17H,11-12,14H2,1-2H3,(H,22,23,25)/b10-8+/t17-/m0/s1. The van der Waals surface area contributed by atoms with Gasteiger partial charge in [-0.15, -0.1) is 0 Å². The highest BCUT2D eigenvalue weighted by atomic mass is 16.5. The molecule has 0 radical (unpaired) electrons. The maximum Gasteiger partial charge on any atom is 0.246 e. The molecule has 2 heterocycles. The minimum atomic E-state index is -0.167. The number of anilines is 1. The number of hydrogen-bond donors (Lipinski definition) is 1. The van der Waals surface area contributed by atoms with Gasteiger partial charge < -0.3 is 15.0 Å². The molecule has 1 aromatic heterocycles. The van der Waals surface area contributed by atoms with Crippen molar-refractivity contribution in [3.05, 3.63) is 59.8 Å². The second kappa shape index (κ2) is 8.49. The van der Waals surface area contributed by atoms with Crippen molar-refractivity contribution >= 4 is 23.7 Å². The highest BCUT2D eigenvalue weighted by Crippen LogP contribution is 2.33. The molecule has 1 aliphatic heterocycles. The SMILES string of the molecule is COc1ccccc1[C@H]1CCN(C(=O)/C=C/c2ccc(NC(C)=O)nc2)C1. The third kappa shape index (κ3) is 4.73. The van der Waals surface area contributed by atoms with Crippen LogP contribution in [0.5, 0.6) is 5.75 Å². The molecule has 0 spiro atoms. The van der Waals surface area contributed by atoms with Gasteiger partial charge in [-0.3, -0.25) is 9.59 Å². The number of para-hydroxylation sites is 1. The second-order valence-corrected chi connectivity index (χ2v) is 6.50. The largest absolute Gasteiger partial charge is 0.496 e. The maximum atomic E-state index is 12.5. The van der Waals surface area contributed by atoms with Crippen LogP contribution in [0.15, 0.2) is 48.7 Å².